The van der Waals surface area contributed by atoms with Gasteiger partial charge in [-0.25, -0.2) is 14.5 Å². The van der Waals surface area contributed by atoms with Crippen molar-refractivity contribution in [1.29, 1.82) is 0 Å². The van der Waals surface area contributed by atoms with E-state index in [1.165, 1.54) is 22.2 Å². The highest BCUT2D eigenvalue weighted by molar-refractivity contribution is 7.19. The Bertz CT molecular complexity index is 1090. The second-order valence-electron chi connectivity index (χ2n) is 6.05. The van der Waals surface area contributed by atoms with E-state index in [1.807, 2.05) is 24.3 Å². The second kappa shape index (κ2) is 5.70. The molecule has 5 rings (SSSR count). The lowest BCUT2D eigenvalue weighted by atomic mass is 10.2. The van der Waals surface area contributed by atoms with Gasteiger partial charge in [0.15, 0.2) is 11.5 Å². The predicted octanol–water partition coefficient (Wildman–Crippen LogP) is 3.42. The number of hydrogen-bond donors (Lipinski definition) is 0. The Morgan fingerprint density at radius 1 is 1.24 bits per heavy atom. The molecule has 3 aromatic heterocycles. The van der Waals surface area contributed by atoms with Crippen molar-refractivity contribution < 1.29 is 9.47 Å². The van der Waals surface area contributed by atoms with Gasteiger partial charge in [-0.1, -0.05) is 6.07 Å². The van der Waals surface area contributed by atoms with Crippen LogP contribution >= 0.6 is 11.3 Å². The first-order valence-corrected chi connectivity index (χ1v) is 9.05. The molecule has 0 N–H and O–H groups in total. The summed E-state index contributed by atoms with van der Waals surface area (Å²) < 4.78 is 12.8. The third-order valence-corrected chi connectivity index (χ3v) is 5.69. The van der Waals surface area contributed by atoms with Crippen LogP contribution in [0.2, 0.25) is 0 Å². The number of fused-ring (bicyclic) bond motifs is 5. The maximum atomic E-state index is 5.81. The number of methoxy groups -OCH3 is 1. The lowest BCUT2D eigenvalue weighted by molar-refractivity contribution is 0.294. The van der Waals surface area contributed by atoms with E-state index >= 15 is 0 Å². The average molecular weight is 352 g/mol. The standard InChI is InChI=1S/C18H16N4O2S/c1-23-11-4-2-5-12(8-11)24-9-15-20-17-16-13-6-3-7-14(13)25-18(16)19-10-22(17)21-15/h2,4-5,8,10H,3,6-7,9H2,1H3. The highest BCUT2D eigenvalue weighted by Gasteiger charge is 2.21. The third kappa shape index (κ3) is 2.42. The number of aryl methyl sites for hydroxylation is 2. The normalized spacial score (nSPS) is 13.5. The molecule has 0 spiro atoms. The number of nitrogens with zero attached hydrogens (tertiary/aromatic N) is 4. The van der Waals surface area contributed by atoms with Crippen molar-refractivity contribution in [2.45, 2.75) is 25.9 Å². The highest BCUT2D eigenvalue weighted by Crippen LogP contribution is 2.37. The number of ether oxygens (including phenoxy) is 2. The van der Waals surface area contributed by atoms with E-state index in [-0.39, 0.29) is 0 Å². The van der Waals surface area contributed by atoms with Gasteiger partial charge in [-0.15, -0.1) is 16.4 Å². The summed E-state index contributed by atoms with van der Waals surface area (Å²) in [6.45, 7) is 0.308. The van der Waals surface area contributed by atoms with E-state index in [0.29, 0.717) is 12.4 Å². The topological polar surface area (TPSA) is 61.5 Å². The summed E-state index contributed by atoms with van der Waals surface area (Å²) in [5, 5.41) is 5.68. The van der Waals surface area contributed by atoms with Crippen molar-refractivity contribution in [2.75, 3.05) is 7.11 Å². The van der Waals surface area contributed by atoms with E-state index < -0.39 is 0 Å². The molecule has 126 valence electrons. The van der Waals surface area contributed by atoms with Crippen molar-refractivity contribution in [3.8, 4) is 11.5 Å². The van der Waals surface area contributed by atoms with E-state index in [9.17, 15) is 0 Å². The van der Waals surface area contributed by atoms with Crippen LogP contribution in [0.3, 0.4) is 0 Å². The molecule has 0 radical (unpaired) electrons. The van der Waals surface area contributed by atoms with Gasteiger partial charge in [0, 0.05) is 10.9 Å². The molecule has 6 nitrogen and oxygen atoms in total. The Hall–Kier alpha value is -2.67. The number of thiophene rings is 1. The molecule has 0 aliphatic heterocycles. The van der Waals surface area contributed by atoms with Gasteiger partial charge in [0.25, 0.3) is 0 Å². The molecule has 1 aliphatic carbocycles. The third-order valence-electron chi connectivity index (χ3n) is 4.49. The zero-order chi connectivity index (χ0) is 16.8. The summed E-state index contributed by atoms with van der Waals surface area (Å²) in [6.07, 6.45) is 5.23. The summed E-state index contributed by atoms with van der Waals surface area (Å²) in [4.78, 5) is 11.8. The molecule has 25 heavy (non-hydrogen) atoms. The fraction of sp³-hybridized carbons (Fsp3) is 0.278. The quantitative estimate of drug-likeness (QED) is 0.563. The maximum absolute atomic E-state index is 5.81. The molecular weight excluding hydrogens is 336 g/mol. The molecule has 0 saturated heterocycles. The van der Waals surface area contributed by atoms with Crippen LogP contribution in [-0.4, -0.2) is 26.7 Å². The van der Waals surface area contributed by atoms with Crippen molar-refractivity contribution in [1.82, 2.24) is 19.6 Å². The summed E-state index contributed by atoms with van der Waals surface area (Å²) in [5.74, 6) is 2.15. The van der Waals surface area contributed by atoms with Crippen LogP contribution in [0.25, 0.3) is 15.9 Å². The molecule has 1 aromatic carbocycles. The van der Waals surface area contributed by atoms with Crippen LogP contribution in [0.15, 0.2) is 30.6 Å². The molecular formula is C18H16N4O2S. The Morgan fingerprint density at radius 3 is 3.08 bits per heavy atom. The van der Waals surface area contributed by atoms with Crippen molar-refractivity contribution in [3.63, 3.8) is 0 Å². The molecule has 3 heterocycles. The molecule has 0 fully saturated rings. The minimum atomic E-state index is 0.308. The zero-order valence-corrected chi connectivity index (χ0v) is 14.5. The summed E-state index contributed by atoms with van der Waals surface area (Å²) in [5.41, 5.74) is 2.29. The Kier molecular flexibility index (Phi) is 3.34. The number of aromatic nitrogens is 4. The number of benzene rings is 1. The van der Waals surface area contributed by atoms with Gasteiger partial charge in [0.05, 0.1) is 12.5 Å². The van der Waals surface area contributed by atoms with Crippen molar-refractivity contribution in [2.24, 2.45) is 0 Å². The molecule has 0 atom stereocenters. The van der Waals surface area contributed by atoms with Gasteiger partial charge in [-0.05, 0) is 37.0 Å². The van der Waals surface area contributed by atoms with Crippen LogP contribution in [0.1, 0.15) is 22.7 Å². The Labute approximate surface area is 148 Å². The summed E-state index contributed by atoms with van der Waals surface area (Å²) >= 11 is 1.79. The average Bonchev–Trinajstić information content (AvgIpc) is 3.32. The van der Waals surface area contributed by atoms with E-state index in [4.69, 9.17) is 14.5 Å². The fourth-order valence-electron chi connectivity index (χ4n) is 3.34. The zero-order valence-electron chi connectivity index (χ0n) is 13.7. The highest BCUT2D eigenvalue weighted by atomic mass is 32.1. The van der Waals surface area contributed by atoms with E-state index in [1.54, 1.807) is 29.3 Å². The van der Waals surface area contributed by atoms with Crippen molar-refractivity contribution in [3.05, 3.63) is 46.9 Å². The maximum Gasteiger partial charge on any atom is 0.189 e. The Morgan fingerprint density at radius 2 is 2.16 bits per heavy atom. The molecule has 0 saturated carbocycles. The first-order chi connectivity index (χ1) is 12.3. The van der Waals surface area contributed by atoms with Crippen LogP contribution in [0, 0.1) is 0 Å². The Balaban J connectivity index is 1.49. The second-order valence-corrected chi connectivity index (χ2v) is 7.13. The van der Waals surface area contributed by atoms with Gasteiger partial charge in [-0.3, -0.25) is 0 Å². The SMILES string of the molecule is COc1cccc(OCc2nc3c4c5c(sc4ncn3n2)CCC5)c1. The first-order valence-electron chi connectivity index (χ1n) is 8.23. The monoisotopic (exact) mass is 352 g/mol. The summed E-state index contributed by atoms with van der Waals surface area (Å²) in [6, 6.07) is 7.52. The van der Waals surface area contributed by atoms with Crippen LogP contribution in [0.4, 0.5) is 0 Å². The number of rotatable bonds is 4. The van der Waals surface area contributed by atoms with E-state index in [2.05, 4.69) is 10.1 Å². The van der Waals surface area contributed by atoms with Crippen LogP contribution < -0.4 is 9.47 Å². The molecule has 0 bridgehead atoms. The van der Waals surface area contributed by atoms with Gasteiger partial charge in [0.2, 0.25) is 0 Å². The lowest BCUT2D eigenvalue weighted by Crippen LogP contribution is -1.98. The summed E-state index contributed by atoms with van der Waals surface area (Å²) in [7, 11) is 1.64. The van der Waals surface area contributed by atoms with E-state index in [0.717, 1.165) is 34.8 Å². The minimum Gasteiger partial charge on any atom is -0.497 e. The van der Waals surface area contributed by atoms with Crippen LogP contribution in [0.5, 0.6) is 11.5 Å². The molecule has 0 unspecified atom stereocenters. The lowest BCUT2D eigenvalue weighted by Gasteiger charge is -2.05. The van der Waals surface area contributed by atoms with Gasteiger partial charge < -0.3 is 9.47 Å². The van der Waals surface area contributed by atoms with Gasteiger partial charge >= 0.3 is 0 Å². The predicted molar refractivity (Wildman–Crippen MR) is 95.5 cm³/mol. The largest absolute Gasteiger partial charge is 0.497 e. The first kappa shape index (κ1) is 14.7. The molecule has 1 aliphatic rings. The van der Waals surface area contributed by atoms with Gasteiger partial charge in [-0.2, -0.15) is 0 Å². The van der Waals surface area contributed by atoms with Crippen LogP contribution in [-0.2, 0) is 19.4 Å². The smallest absolute Gasteiger partial charge is 0.189 e. The van der Waals surface area contributed by atoms with Gasteiger partial charge in [0.1, 0.15) is 29.3 Å². The molecule has 7 heteroatoms. The number of hydrogen-bond acceptors (Lipinski definition) is 6. The van der Waals surface area contributed by atoms with Crippen molar-refractivity contribution >= 4 is 27.2 Å². The molecule has 0 amide bonds. The molecule has 4 aromatic rings. The fourth-order valence-corrected chi connectivity index (χ4v) is 4.56. The minimum absolute atomic E-state index is 0.308.